The lowest BCUT2D eigenvalue weighted by Gasteiger charge is -2.33. The van der Waals surface area contributed by atoms with E-state index in [0.717, 1.165) is 0 Å². The highest BCUT2D eigenvalue weighted by Gasteiger charge is 2.34. The molecule has 156 valence electrons. The van der Waals surface area contributed by atoms with E-state index in [1.165, 1.54) is 12.0 Å². The molecule has 0 bridgehead atoms. The highest BCUT2D eigenvalue weighted by Crippen LogP contribution is 2.30. The van der Waals surface area contributed by atoms with Gasteiger partial charge in [0.25, 0.3) is 0 Å². The van der Waals surface area contributed by atoms with E-state index in [0.29, 0.717) is 28.9 Å². The van der Waals surface area contributed by atoms with Crippen LogP contribution in [-0.4, -0.2) is 43.6 Å². The van der Waals surface area contributed by atoms with Crippen LogP contribution >= 0.6 is 0 Å². The van der Waals surface area contributed by atoms with Crippen LogP contribution in [-0.2, 0) is 20.8 Å². The Bertz CT molecular complexity index is 970. The van der Waals surface area contributed by atoms with Gasteiger partial charge >= 0.3 is 18.0 Å². The molecule has 2 heterocycles. The number of aromatic nitrogens is 1. The first-order valence-electron chi connectivity index (χ1n) is 9.47. The Morgan fingerprint density at radius 2 is 1.77 bits per heavy atom. The van der Waals surface area contributed by atoms with Crippen molar-refractivity contribution < 1.29 is 28.4 Å². The summed E-state index contributed by atoms with van der Waals surface area (Å²) in [7, 11) is 2.87. The number of benzene rings is 1. The van der Waals surface area contributed by atoms with Crippen LogP contribution in [0.3, 0.4) is 0 Å². The van der Waals surface area contributed by atoms with Gasteiger partial charge in [0.05, 0.1) is 24.3 Å². The Hall–Kier alpha value is -3.68. The fraction of sp³-hybridized carbons (Fsp3) is 0.273. The molecule has 0 fully saturated rings. The molecule has 3 rings (SSSR count). The number of methoxy groups -OCH3 is 1. The van der Waals surface area contributed by atoms with Gasteiger partial charge in [0, 0.05) is 24.9 Å². The van der Waals surface area contributed by atoms with Crippen molar-refractivity contribution in [3.05, 3.63) is 77.3 Å². The van der Waals surface area contributed by atoms with Crippen molar-refractivity contribution in [3.63, 3.8) is 0 Å². The first-order valence-corrected chi connectivity index (χ1v) is 9.47. The molecule has 2 amide bonds. The van der Waals surface area contributed by atoms with E-state index in [9.17, 15) is 14.4 Å². The number of nitrogens with zero attached hydrogens (tertiary/aromatic N) is 2. The number of rotatable bonds is 6. The average Bonchev–Trinajstić information content (AvgIpc) is 2.77. The lowest BCUT2D eigenvalue weighted by atomic mass is 9.94. The summed E-state index contributed by atoms with van der Waals surface area (Å²) in [5, 5.41) is 2.79. The zero-order chi connectivity index (χ0) is 21.7. The van der Waals surface area contributed by atoms with Crippen LogP contribution in [0.4, 0.5) is 4.79 Å². The topological polar surface area (TPSA) is 88.8 Å². The number of hydrogen-bond acceptors (Lipinski definition) is 5. The highest BCUT2D eigenvalue weighted by molar-refractivity contribution is 5.95. The molecule has 30 heavy (non-hydrogen) atoms. The van der Waals surface area contributed by atoms with E-state index in [2.05, 4.69) is 5.32 Å². The monoisotopic (exact) mass is 410 g/mol. The number of hydrogen-bond donors (Lipinski definition) is 1. The molecule has 1 aliphatic rings. The number of carbonyl (C=O) groups excluding carboxylic acids is 3. The smallest absolute Gasteiger partial charge is 0.338 e. The van der Waals surface area contributed by atoms with Gasteiger partial charge < -0.3 is 19.7 Å². The summed E-state index contributed by atoms with van der Waals surface area (Å²) in [6.45, 7) is 2.49. The molecule has 1 aromatic carbocycles. The second-order valence-electron chi connectivity index (χ2n) is 6.80. The molecule has 8 heteroatoms. The Morgan fingerprint density at radius 1 is 1.10 bits per heavy atom. The van der Waals surface area contributed by atoms with E-state index < -0.39 is 18.0 Å². The van der Waals surface area contributed by atoms with Crippen LogP contribution in [0.15, 0.2) is 66.1 Å². The molecule has 1 atom stereocenters. The van der Waals surface area contributed by atoms with Crippen LogP contribution < -0.4 is 9.88 Å². The number of urea groups is 1. The molecule has 1 aliphatic heterocycles. The van der Waals surface area contributed by atoms with Crippen molar-refractivity contribution >= 4 is 18.0 Å². The fourth-order valence-corrected chi connectivity index (χ4v) is 3.18. The third-order valence-electron chi connectivity index (χ3n) is 5.00. The first-order chi connectivity index (χ1) is 14.4. The van der Waals surface area contributed by atoms with Gasteiger partial charge in [-0.05, 0) is 24.6 Å². The van der Waals surface area contributed by atoms with Crippen LogP contribution in [0, 0.1) is 0 Å². The van der Waals surface area contributed by atoms with Crippen molar-refractivity contribution in [3.8, 4) is 0 Å². The van der Waals surface area contributed by atoms with Crippen molar-refractivity contribution in [1.82, 2.24) is 10.2 Å². The molecular weight excluding hydrogens is 386 g/mol. The Morgan fingerprint density at radius 3 is 2.40 bits per heavy atom. The number of carbonyl (C=O) groups is 3. The molecule has 1 aromatic heterocycles. The zero-order valence-electron chi connectivity index (χ0n) is 17.1. The van der Waals surface area contributed by atoms with Gasteiger partial charge in [0.2, 0.25) is 0 Å². The fourth-order valence-electron chi connectivity index (χ4n) is 3.18. The zero-order valence-corrected chi connectivity index (χ0v) is 17.1. The summed E-state index contributed by atoms with van der Waals surface area (Å²) in [6, 6.07) is 11.3. The maximum absolute atomic E-state index is 12.3. The van der Waals surface area contributed by atoms with E-state index in [4.69, 9.17) is 9.47 Å². The van der Waals surface area contributed by atoms with Crippen molar-refractivity contribution in [2.24, 2.45) is 0 Å². The van der Waals surface area contributed by atoms with Crippen LogP contribution in [0.25, 0.3) is 0 Å². The number of nitrogens with one attached hydrogen (secondary N) is 1. The summed E-state index contributed by atoms with van der Waals surface area (Å²) in [5.74, 6) is -0.961. The second-order valence-corrected chi connectivity index (χ2v) is 6.80. The molecular formula is C22H24N3O5+. The number of allylic oxidation sites excluding steroid dienone is 1. The van der Waals surface area contributed by atoms with Gasteiger partial charge in [-0.15, -0.1) is 0 Å². The lowest BCUT2D eigenvalue weighted by molar-refractivity contribution is -0.697. The van der Waals surface area contributed by atoms with Crippen molar-refractivity contribution in [1.29, 1.82) is 0 Å². The molecule has 1 N–H and O–H groups in total. The minimum atomic E-state index is -0.666. The van der Waals surface area contributed by atoms with Crippen molar-refractivity contribution in [2.45, 2.75) is 19.5 Å². The number of amides is 2. The standard InChI is InChI=1S/C22H23N3O5/c1-15-18(21(27)29-3)19(23-22(28)24(15)2)16-7-9-17(10-8-16)20(26)30-14-13-25-11-5-4-6-12-25/h4-12,19H,13-14H2,1-3H3/p+1. The predicted molar refractivity (Wildman–Crippen MR) is 107 cm³/mol. The molecule has 8 nitrogen and oxygen atoms in total. The minimum Gasteiger partial charge on any atom is -0.466 e. The van der Waals surface area contributed by atoms with Crippen LogP contribution in [0.1, 0.15) is 28.9 Å². The van der Waals surface area contributed by atoms with Crippen molar-refractivity contribution in [2.75, 3.05) is 20.8 Å². The van der Waals surface area contributed by atoms with Gasteiger partial charge in [0.1, 0.15) is 0 Å². The maximum Gasteiger partial charge on any atom is 0.338 e. The number of pyridine rings is 1. The highest BCUT2D eigenvalue weighted by atomic mass is 16.5. The Kier molecular flexibility index (Phi) is 6.46. The van der Waals surface area contributed by atoms with Gasteiger partial charge in [0.15, 0.2) is 25.5 Å². The van der Waals surface area contributed by atoms with Gasteiger partial charge in [-0.3, -0.25) is 0 Å². The summed E-state index contributed by atoms with van der Waals surface area (Å²) in [4.78, 5) is 38.2. The Labute approximate surface area is 174 Å². The number of esters is 2. The SMILES string of the molecule is COC(=O)C1=C(C)N(C)C(=O)NC1c1ccc(C(=O)OCC[n+]2ccccc2)cc1. The summed E-state index contributed by atoms with van der Waals surface area (Å²) >= 11 is 0. The predicted octanol–water partition coefficient (Wildman–Crippen LogP) is 1.97. The van der Waals surface area contributed by atoms with Crippen LogP contribution in [0.2, 0.25) is 0 Å². The maximum atomic E-state index is 12.3. The van der Waals surface area contributed by atoms with Gasteiger partial charge in [-0.2, -0.15) is 0 Å². The average molecular weight is 410 g/mol. The summed E-state index contributed by atoms with van der Waals surface area (Å²) in [5.41, 5.74) is 1.90. The lowest BCUT2D eigenvalue weighted by Crippen LogP contribution is -2.46. The quantitative estimate of drug-likeness (QED) is 0.581. The first kappa shape index (κ1) is 21.0. The summed E-state index contributed by atoms with van der Waals surface area (Å²) < 4.78 is 12.1. The third-order valence-corrected chi connectivity index (χ3v) is 5.00. The van der Waals surface area contributed by atoms with Gasteiger partial charge in [-0.25, -0.2) is 19.0 Å². The molecule has 1 unspecified atom stereocenters. The largest absolute Gasteiger partial charge is 0.466 e. The molecule has 0 radical (unpaired) electrons. The second kappa shape index (κ2) is 9.21. The minimum absolute atomic E-state index is 0.245. The summed E-state index contributed by atoms with van der Waals surface area (Å²) in [6.07, 6.45) is 3.79. The molecule has 0 aliphatic carbocycles. The third kappa shape index (κ3) is 4.48. The molecule has 0 saturated carbocycles. The van der Waals surface area contributed by atoms with Gasteiger partial charge in [-0.1, -0.05) is 18.2 Å². The Balaban J connectivity index is 1.71. The molecule has 0 saturated heterocycles. The van der Waals surface area contributed by atoms with E-state index in [-0.39, 0.29) is 12.6 Å². The molecule has 0 spiro atoms. The number of ether oxygens (including phenoxy) is 2. The van der Waals surface area contributed by atoms with E-state index in [1.807, 2.05) is 35.2 Å². The molecule has 2 aromatic rings. The normalized spacial score (nSPS) is 16.2. The van der Waals surface area contributed by atoms with E-state index >= 15 is 0 Å². The van der Waals surface area contributed by atoms with Crippen LogP contribution in [0.5, 0.6) is 0 Å². The van der Waals surface area contributed by atoms with E-state index in [1.54, 1.807) is 38.2 Å².